The summed E-state index contributed by atoms with van der Waals surface area (Å²) in [6.07, 6.45) is 3.35. The maximum absolute atomic E-state index is 13.3. The first-order valence-corrected chi connectivity index (χ1v) is 11.2. The Labute approximate surface area is 178 Å². The van der Waals surface area contributed by atoms with Crippen molar-refractivity contribution in [3.63, 3.8) is 0 Å². The molecule has 1 aliphatic carbocycles. The molecule has 0 unspecified atom stereocenters. The zero-order chi connectivity index (χ0) is 22.2. The van der Waals surface area contributed by atoms with Gasteiger partial charge in [0.25, 0.3) is 5.91 Å². The fraction of sp³-hybridized carbons (Fsp3) is 0.238. The molecule has 162 valence electrons. The van der Waals surface area contributed by atoms with E-state index in [2.05, 4.69) is 10.4 Å². The highest BCUT2D eigenvalue weighted by atomic mass is 32.2. The Hall–Kier alpha value is -3.24. The first-order valence-electron chi connectivity index (χ1n) is 9.67. The molecular formula is C21H21FN4O4S. The molecule has 0 saturated carbocycles. The number of fused-ring (bicyclic) bond motifs is 1. The Kier molecular flexibility index (Phi) is 5.50. The highest BCUT2D eigenvalue weighted by Gasteiger charge is 2.26. The van der Waals surface area contributed by atoms with Gasteiger partial charge in [0.15, 0.2) is 5.69 Å². The van der Waals surface area contributed by atoms with Crippen molar-refractivity contribution >= 4 is 21.6 Å². The minimum Gasteiger partial charge on any atom is -0.495 e. The van der Waals surface area contributed by atoms with Crippen LogP contribution in [0.1, 0.15) is 34.6 Å². The van der Waals surface area contributed by atoms with E-state index >= 15 is 0 Å². The molecule has 0 atom stereocenters. The van der Waals surface area contributed by atoms with E-state index in [1.165, 1.54) is 37.4 Å². The molecular weight excluding hydrogens is 423 g/mol. The van der Waals surface area contributed by atoms with Crippen molar-refractivity contribution in [3.8, 4) is 11.4 Å². The lowest BCUT2D eigenvalue weighted by atomic mass is 9.95. The number of methoxy groups -OCH3 is 1. The van der Waals surface area contributed by atoms with Crippen molar-refractivity contribution in [3.05, 3.63) is 65.2 Å². The van der Waals surface area contributed by atoms with Crippen molar-refractivity contribution in [1.82, 2.24) is 9.78 Å². The minimum absolute atomic E-state index is 0.0819. The van der Waals surface area contributed by atoms with Crippen LogP contribution in [0.3, 0.4) is 0 Å². The van der Waals surface area contributed by atoms with Crippen molar-refractivity contribution < 1.29 is 22.3 Å². The van der Waals surface area contributed by atoms with Gasteiger partial charge < -0.3 is 10.1 Å². The molecule has 4 rings (SSSR count). The summed E-state index contributed by atoms with van der Waals surface area (Å²) < 4.78 is 43.7. The standard InChI is InChI=1S/C21H21FN4O4S/c1-30-18-11-8-14(12-19(18)31(23,28)29)24-21(27)20-16-4-2-3-5-17(16)26(25-20)15-9-6-13(22)7-10-15/h6-12H,2-5H2,1H3,(H,24,27)(H2,23,28,29). The molecule has 1 amide bonds. The summed E-state index contributed by atoms with van der Waals surface area (Å²) >= 11 is 0. The van der Waals surface area contributed by atoms with Gasteiger partial charge in [0.2, 0.25) is 10.0 Å². The monoisotopic (exact) mass is 444 g/mol. The van der Waals surface area contributed by atoms with Gasteiger partial charge in [-0.2, -0.15) is 5.10 Å². The van der Waals surface area contributed by atoms with Gasteiger partial charge in [0.1, 0.15) is 16.5 Å². The van der Waals surface area contributed by atoms with Crippen LogP contribution in [0.5, 0.6) is 5.75 Å². The van der Waals surface area contributed by atoms with E-state index in [1.807, 2.05) is 0 Å². The maximum Gasteiger partial charge on any atom is 0.276 e. The third-order valence-corrected chi connectivity index (χ3v) is 6.13. The number of nitrogens with two attached hydrogens (primary N) is 1. The number of anilines is 1. The quantitative estimate of drug-likeness (QED) is 0.628. The Balaban J connectivity index is 1.70. The zero-order valence-electron chi connectivity index (χ0n) is 16.8. The Morgan fingerprint density at radius 3 is 2.55 bits per heavy atom. The van der Waals surface area contributed by atoms with Crippen LogP contribution in [-0.2, 0) is 22.9 Å². The summed E-state index contributed by atoms with van der Waals surface area (Å²) in [6.45, 7) is 0. The highest BCUT2D eigenvalue weighted by Crippen LogP contribution is 2.29. The van der Waals surface area contributed by atoms with E-state index < -0.39 is 15.9 Å². The van der Waals surface area contributed by atoms with E-state index in [1.54, 1.807) is 16.8 Å². The van der Waals surface area contributed by atoms with E-state index in [0.717, 1.165) is 30.5 Å². The number of nitrogens with one attached hydrogen (secondary N) is 1. The SMILES string of the molecule is COc1ccc(NC(=O)c2nn(-c3ccc(F)cc3)c3c2CCCC3)cc1S(N)(=O)=O. The van der Waals surface area contributed by atoms with E-state index in [4.69, 9.17) is 9.88 Å². The van der Waals surface area contributed by atoms with Gasteiger partial charge in [-0.05, 0) is 68.1 Å². The molecule has 0 spiro atoms. The summed E-state index contributed by atoms with van der Waals surface area (Å²) in [5.74, 6) is -0.740. The number of hydrogen-bond acceptors (Lipinski definition) is 5. The number of carbonyl (C=O) groups is 1. The van der Waals surface area contributed by atoms with Crippen LogP contribution in [0.4, 0.5) is 10.1 Å². The lowest BCUT2D eigenvalue weighted by Crippen LogP contribution is -2.17. The van der Waals surface area contributed by atoms with Gasteiger partial charge in [-0.1, -0.05) is 0 Å². The van der Waals surface area contributed by atoms with Gasteiger partial charge in [0.05, 0.1) is 12.8 Å². The average Bonchev–Trinajstić information content (AvgIpc) is 3.13. The van der Waals surface area contributed by atoms with Crippen LogP contribution in [0.25, 0.3) is 5.69 Å². The number of carbonyl (C=O) groups excluding carboxylic acids is 1. The number of rotatable bonds is 5. The van der Waals surface area contributed by atoms with Crippen LogP contribution in [0, 0.1) is 5.82 Å². The minimum atomic E-state index is -4.04. The molecule has 10 heteroatoms. The molecule has 1 aromatic heterocycles. The number of aromatic nitrogens is 2. The predicted octanol–water partition coefficient (Wildman–Crippen LogP) is 2.80. The number of hydrogen-bond donors (Lipinski definition) is 2. The number of benzene rings is 2. The summed E-state index contributed by atoms with van der Waals surface area (Å²) in [6, 6.07) is 10.1. The molecule has 0 saturated heterocycles. The number of amides is 1. The number of ether oxygens (including phenoxy) is 1. The molecule has 8 nitrogen and oxygen atoms in total. The first kappa shape index (κ1) is 21.0. The van der Waals surface area contributed by atoms with Gasteiger partial charge in [-0.3, -0.25) is 4.79 Å². The Morgan fingerprint density at radius 1 is 1.16 bits per heavy atom. The third-order valence-electron chi connectivity index (χ3n) is 5.19. The second-order valence-electron chi connectivity index (χ2n) is 7.23. The van der Waals surface area contributed by atoms with E-state index in [0.29, 0.717) is 12.1 Å². The number of halogens is 1. The number of primary sulfonamides is 1. The van der Waals surface area contributed by atoms with Crippen LogP contribution in [-0.4, -0.2) is 31.2 Å². The lowest BCUT2D eigenvalue weighted by Gasteiger charge is -2.14. The van der Waals surface area contributed by atoms with Crippen LogP contribution in [0.15, 0.2) is 47.4 Å². The second kappa shape index (κ2) is 8.12. The summed E-state index contributed by atoms with van der Waals surface area (Å²) in [4.78, 5) is 12.8. The molecule has 0 fully saturated rings. The molecule has 1 aliphatic rings. The summed E-state index contributed by atoms with van der Waals surface area (Å²) in [5.41, 5.74) is 2.93. The largest absolute Gasteiger partial charge is 0.495 e. The molecule has 0 aliphatic heterocycles. The highest BCUT2D eigenvalue weighted by molar-refractivity contribution is 7.89. The van der Waals surface area contributed by atoms with Gasteiger partial charge in [0, 0.05) is 16.9 Å². The van der Waals surface area contributed by atoms with Crippen LogP contribution >= 0.6 is 0 Å². The molecule has 1 heterocycles. The fourth-order valence-electron chi connectivity index (χ4n) is 3.74. The summed E-state index contributed by atoms with van der Waals surface area (Å²) in [7, 11) is -2.71. The van der Waals surface area contributed by atoms with Gasteiger partial charge in [-0.25, -0.2) is 22.6 Å². The van der Waals surface area contributed by atoms with Crippen LogP contribution < -0.4 is 15.2 Å². The molecule has 3 aromatic rings. The molecule has 0 radical (unpaired) electrons. The van der Waals surface area contributed by atoms with Gasteiger partial charge in [-0.15, -0.1) is 0 Å². The second-order valence-corrected chi connectivity index (χ2v) is 8.76. The number of sulfonamides is 1. The molecule has 3 N–H and O–H groups in total. The van der Waals surface area contributed by atoms with E-state index in [-0.39, 0.29) is 27.8 Å². The van der Waals surface area contributed by atoms with E-state index in [9.17, 15) is 17.6 Å². The number of nitrogens with zero attached hydrogens (tertiary/aromatic N) is 2. The smallest absolute Gasteiger partial charge is 0.276 e. The van der Waals surface area contributed by atoms with Crippen molar-refractivity contribution in [2.24, 2.45) is 5.14 Å². The normalized spacial score (nSPS) is 13.5. The van der Waals surface area contributed by atoms with Crippen molar-refractivity contribution in [1.29, 1.82) is 0 Å². The Bertz CT molecular complexity index is 1250. The Morgan fingerprint density at radius 2 is 1.87 bits per heavy atom. The fourth-order valence-corrected chi connectivity index (χ4v) is 4.47. The lowest BCUT2D eigenvalue weighted by molar-refractivity contribution is 0.102. The average molecular weight is 444 g/mol. The zero-order valence-corrected chi connectivity index (χ0v) is 17.6. The van der Waals surface area contributed by atoms with Gasteiger partial charge >= 0.3 is 0 Å². The molecule has 2 aromatic carbocycles. The van der Waals surface area contributed by atoms with Crippen LogP contribution in [0.2, 0.25) is 0 Å². The maximum atomic E-state index is 13.3. The molecule has 0 bridgehead atoms. The predicted molar refractivity (Wildman–Crippen MR) is 112 cm³/mol. The molecule has 31 heavy (non-hydrogen) atoms. The summed E-state index contributed by atoms with van der Waals surface area (Å²) in [5, 5.41) is 12.5. The third kappa shape index (κ3) is 4.17. The first-order chi connectivity index (χ1) is 14.8. The van der Waals surface area contributed by atoms with Crippen molar-refractivity contribution in [2.75, 3.05) is 12.4 Å². The van der Waals surface area contributed by atoms with Crippen molar-refractivity contribution in [2.45, 2.75) is 30.6 Å². The topological polar surface area (TPSA) is 116 Å².